The molecule has 0 spiro atoms. The van der Waals surface area contributed by atoms with Crippen LogP contribution in [0.4, 0.5) is 36.4 Å². The maximum absolute atomic E-state index is 12.5. The number of fused-ring (bicyclic) bond motifs is 2. The molecule has 8 aromatic rings. The number of nitro groups is 2. The number of anilines is 1. The van der Waals surface area contributed by atoms with Crippen molar-refractivity contribution in [2.24, 2.45) is 0 Å². The Kier molecular flexibility index (Phi) is 23.9. The van der Waals surface area contributed by atoms with E-state index in [1.54, 1.807) is 118 Å². The van der Waals surface area contributed by atoms with Gasteiger partial charge in [-0.1, -0.05) is 36.4 Å². The molecular formula is C75H95N15O15. The highest BCUT2D eigenvalue weighted by atomic mass is 16.8. The standard InChI is InChI=1S/C33H39N7O5.C32H38N8O5.C10H18O5/c1-22-29-30(23-10-15-28(27(20-23)40(42)43)44-26-8-6-5-7-9-26)36-39(31(29)35-21-34-22)25-13-11-24(12-14-25)37-16-18-38(19-17-37)32(41)45-33(2,3)4;1-32(2,3)45-31(41)38-17-15-37(16-18-38)22-10-12-23(13-11-22)39-30-27(29(33)34-20-35-30)28(36-39)21-9-14-26(25(19-21)40(42)43)44-24-7-5-4-6-8-24;1-9(2,3)14-7(11)13-8(12)15-10(4,5)6/h5-10,15,20-21,24-25H,11-14,16-19H2,1-4H3;4-9,14,19-20,22-23H,10-13,15-18H2,1-3H3,(H2,33,34,35);1-6H3. The Hall–Kier alpha value is -10.6. The summed E-state index contributed by atoms with van der Waals surface area (Å²) in [6.45, 7) is 29.2. The number of nitrogens with two attached hydrogens (primary N) is 1. The van der Waals surface area contributed by atoms with Crippen molar-refractivity contribution in [3.8, 4) is 45.5 Å². The van der Waals surface area contributed by atoms with Gasteiger partial charge in [0, 0.05) is 87.7 Å². The van der Waals surface area contributed by atoms with Crippen molar-refractivity contribution in [2.45, 2.75) is 188 Å². The number of rotatable bonds is 12. The highest BCUT2D eigenvalue weighted by Gasteiger charge is 2.37. The predicted octanol–water partition coefficient (Wildman–Crippen LogP) is 15.2. The van der Waals surface area contributed by atoms with Crippen molar-refractivity contribution in [2.75, 3.05) is 58.1 Å². The van der Waals surface area contributed by atoms with Crippen molar-refractivity contribution in [1.29, 1.82) is 0 Å². The number of nitrogens with zero attached hydrogens (tertiary/aromatic N) is 14. The number of nitro benzene ring substituents is 2. The molecule has 105 heavy (non-hydrogen) atoms. The molecule has 2 amide bonds. The minimum Gasteiger partial charge on any atom is -0.450 e. The highest BCUT2D eigenvalue weighted by molar-refractivity contribution is 5.99. The summed E-state index contributed by atoms with van der Waals surface area (Å²) in [4.78, 5) is 96.6. The Labute approximate surface area is 609 Å². The number of para-hydroxylation sites is 2. The van der Waals surface area contributed by atoms with E-state index in [-0.39, 0.29) is 53.0 Å². The third-order valence-electron chi connectivity index (χ3n) is 17.9. The van der Waals surface area contributed by atoms with E-state index in [2.05, 4.69) is 34.5 Å². The van der Waals surface area contributed by atoms with E-state index in [4.69, 9.17) is 44.4 Å². The van der Waals surface area contributed by atoms with Crippen molar-refractivity contribution in [3.63, 3.8) is 0 Å². The van der Waals surface area contributed by atoms with Crippen molar-refractivity contribution < 1.29 is 62.2 Å². The van der Waals surface area contributed by atoms with Gasteiger partial charge in [-0.25, -0.2) is 48.5 Å². The number of hydrogen-bond donors (Lipinski definition) is 1. The van der Waals surface area contributed by atoms with E-state index in [1.165, 1.54) is 18.5 Å². The van der Waals surface area contributed by atoms with Gasteiger partial charge in [0.2, 0.25) is 11.5 Å². The third-order valence-corrected chi connectivity index (χ3v) is 17.9. The van der Waals surface area contributed by atoms with Crippen LogP contribution in [0, 0.1) is 27.2 Å². The molecule has 12 rings (SSSR count). The lowest BCUT2D eigenvalue weighted by molar-refractivity contribution is -0.385. The molecule has 0 radical (unpaired) electrons. The summed E-state index contributed by atoms with van der Waals surface area (Å²) < 4.78 is 40.5. The molecule has 4 aromatic heterocycles. The summed E-state index contributed by atoms with van der Waals surface area (Å²) in [7, 11) is 0. The molecule has 4 aromatic carbocycles. The highest BCUT2D eigenvalue weighted by Crippen LogP contribution is 2.43. The number of amides is 2. The van der Waals surface area contributed by atoms with E-state index >= 15 is 0 Å². The van der Waals surface area contributed by atoms with E-state index in [9.17, 15) is 39.4 Å². The molecular weight excluding hydrogens is 1350 g/mol. The molecule has 0 atom stereocenters. The number of hydrogen-bond acceptors (Lipinski definition) is 24. The lowest BCUT2D eigenvalue weighted by atomic mass is 9.90. The van der Waals surface area contributed by atoms with Crippen LogP contribution < -0.4 is 15.2 Å². The monoisotopic (exact) mass is 1450 g/mol. The molecule has 6 heterocycles. The van der Waals surface area contributed by atoms with Gasteiger partial charge in [-0.3, -0.25) is 30.0 Å². The number of nitrogen functional groups attached to an aromatic ring is 1. The second-order valence-corrected chi connectivity index (χ2v) is 30.4. The Morgan fingerprint density at radius 1 is 0.457 bits per heavy atom. The molecule has 2 aliphatic carbocycles. The zero-order chi connectivity index (χ0) is 75.7. The summed E-state index contributed by atoms with van der Waals surface area (Å²) in [5.41, 5.74) is 8.01. The average Bonchev–Trinajstić information content (AvgIpc) is 1.64. The van der Waals surface area contributed by atoms with Crippen LogP contribution in [0.25, 0.3) is 44.6 Å². The first-order chi connectivity index (χ1) is 49.6. The van der Waals surface area contributed by atoms with Gasteiger partial charge in [-0.15, -0.1) is 0 Å². The number of benzene rings is 4. The molecule has 0 unspecified atom stereocenters. The Balaban J connectivity index is 0.000000189. The number of carbonyl (C=O) groups excluding carboxylic acids is 4. The first kappa shape index (κ1) is 77.0. The lowest BCUT2D eigenvalue weighted by Crippen LogP contribution is -2.53. The minimum atomic E-state index is -1.06. The van der Waals surface area contributed by atoms with Crippen LogP contribution >= 0.6 is 0 Å². The fraction of sp³-hybridized carbons (Fsp3) is 0.493. The van der Waals surface area contributed by atoms with Crippen LogP contribution in [-0.2, 0) is 23.7 Å². The lowest BCUT2D eigenvalue weighted by Gasteiger charge is -2.42. The Morgan fingerprint density at radius 3 is 1.18 bits per heavy atom. The zero-order valence-electron chi connectivity index (χ0n) is 62.0. The van der Waals surface area contributed by atoms with E-state index < -0.39 is 44.6 Å². The second-order valence-electron chi connectivity index (χ2n) is 30.4. The van der Waals surface area contributed by atoms with Gasteiger partial charge in [0.05, 0.1) is 38.4 Å². The number of aryl methyl sites for hydroxylation is 1. The van der Waals surface area contributed by atoms with Crippen LogP contribution in [-0.4, -0.2) is 180 Å². The van der Waals surface area contributed by atoms with Gasteiger partial charge < -0.3 is 48.7 Å². The molecule has 30 nitrogen and oxygen atoms in total. The summed E-state index contributed by atoms with van der Waals surface area (Å²) >= 11 is 0. The number of carbonyl (C=O) groups is 4. The number of piperazine rings is 2. The largest absolute Gasteiger partial charge is 0.519 e. The molecule has 560 valence electrons. The third kappa shape index (κ3) is 20.4. The SMILES string of the molecule is CC(C)(C)OC(=O)N1CCN(C2CCC(n3nc(-c4ccc(Oc5ccccc5)c([N+](=O)[O-])c4)c4c(N)ncnc43)CC2)CC1.CC(C)(C)OC(=O)OC(=O)OC(C)(C)C.Cc1ncnc2c1c(-c1ccc(Oc3ccccc3)c([N+](=O)[O-])c1)nn2C1CCC(N2CCN(C(=O)OC(C)(C)C)CC2)CC1. The van der Waals surface area contributed by atoms with Gasteiger partial charge in [0.25, 0.3) is 0 Å². The minimum absolute atomic E-state index is 0.0884. The number of ether oxygens (including phenoxy) is 7. The average molecular weight is 1450 g/mol. The van der Waals surface area contributed by atoms with E-state index in [0.29, 0.717) is 83.3 Å². The zero-order valence-corrected chi connectivity index (χ0v) is 62.0. The summed E-state index contributed by atoms with van der Waals surface area (Å²) in [6.07, 6.45) is 7.98. The van der Waals surface area contributed by atoms with Crippen molar-refractivity contribution in [1.82, 2.24) is 59.1 Å². The topological polar surface area (TPSA) is 345 Å². The van der Waals surface area contributed by atoms with E-state index in [0.717, 1.165) is 94.3 Å². The van der Waals surface area contributed by atoms with Crippen molar-refractivity contribution in [3.05, 3.63) is 136 Å². The molecule has 2 saturated heterocycles. The molecule has 2 saturated carbocycles. The van der Waals surface area contributed by atoms with Crippen LogP contribution in [0.2, 0.25) is 0 Å². The fourth-order valence-corrected chi connectivity index (χ4v) is 13.2. The van der Waals surface area contributed by atoms with Gasteiger partial charge in [0.1, 0.15) is 63.8 Å². The summed E-state index contributed by atoms with van der Waals surface area (Å²) in [5.74, 6) is 1.59. The van der Waals surface area contributed by atoms with Gasteiger partial charge in [-0.05, 0) is 190 Å². The van der Waals surface area contributed by atoms with Crippen LogP contribution in [0.1, 0.15) is 152 Å². The smallest absolute Gasteiger partial charge is 0.450 e. The fourth-order valence-electron chi connectivity index (χ4n) is 13.2. The quantitative estimate of drug-likeness (QED) is 0.0390. The van der Waals surface area contributed by atoms with Crippen LogP contribution in [0.3, 0.4) is 0 Å². The first-order valence-electron chi connectivity index (χ1n) is 35.4. The van der Waals surface area contributed by atoms with Crippen LogP contribution in [0.15, 0.2) is 110 Å². The van der Waals surface area contributed by atoms with Crippen LogP contribution in [0.5, 0.6) is 23.0 Å². The molecule has 2 N–H and O–H groups in total. The molecule has 30 heteroatoms. The second kappa shape index (κ2) is 32.6. The van der Waals surface area contributed by atoms with Gasteiger partial charge in [0.15, 0.2) is 11.3 Å². The van der Waals surface area contributed by atoms with Crippen molar-refractivity contribution >= 4 is 63.8 Å². The Bertz CT molecular complexity index is 4100. The Morgan fingerprint density at radius 2 is 0.810 bits per heavy atom. The van der Waals surface area contributed by atoms with Gasteiger partial charge in [-0.2, -0.15) is 10.2 Å². The summed E-state index contributed by atoms with van der Waals surface area (Å²) in [6, 6.07) is 28.8. The molecule has 0 bridgehead atoms. The molecule has 4 fully saturated rings. The van der Waals surface area contributed by atoms with Gasteiger partial charge >= 0.3 is 35.9 Å². The predicted molar refractivity (Wildman–Crippen MR) is 392 cm³/mol. The van der Waals surface area contributed by atoms with E-state index in [1.807, 2.05) is 82.1 Å². The normalized spacial score (nSPS) is 18.3. The molecule has 4 aliphatic rings. The number of aromatic nitrogens is 8. The maximum Gasteiger partial charge on any atom is 0.519 e. The maximum atomic E-state index is 12.5. The molecule has 2 aliphatic heterocycles. The first-order valence-corrected chi connectivity index (χ1v) is 35.4. The summed E-state index contributed by atoms with van der Waals surface area (Å²) in [5, 5.41) is 35.5.